The molecule has 0 bridgehead atoms. The molecule has 1 unspecified atom stereocenters. The molecule has 5 heteroatoms. The van der Waals surface area contributed by atoms with E-state index in [2.05, 4.69) is 34.9 Å². The largest absolute Gasteiger partial charge is 0.388 e. The lowest BCUT2D eigenvalue weighted by atomic mass is 10.0. The topological polar surface area (TPSA) is 54.2 Å². The number of para-hydroxylation sites is 1. The summed E-state index contributed by atoms with van der Waals surface area (Å²) in [6, 6.07) is 8.42. The fourth-order valence-electron chi connectivity index (χ4n) is 2.96. The Bertz CT molecular complexity index is 608. The molecule has 1 aliphatic heterocycles. The molecule has 0 radical (unpaired) electrons. The molecular formula is C16H22N4O. The minimum absolute atomic E-state index is 0.301. The second-order valence-electron chi connectivity index (χ2n) is 5.85. The van der Waals surface area contributed by atoms with Crippen molar-refractivity contribution in [1.29, 1.82) is 0 Å². The van der Waals surface area contributed by atoms with Gasteiger partial charge in [-0.05, 0) is 32.8 Å². The van der Waals surface area contributed by atoms with Gasteiger partial charge in [-0.2, -0.15) is 5.10 Å². The third kappa shape index (κ3) is 2.78. The Labute approximate surface area is 125 Å². The predicted octanol–water partition coefficient (Wildman–Crippen LogP) is 2.69. The van der Waals surface area contributed by atoms with Crippen LogP contribution in [0.25, 0.3) is 0 Å². The third-order valence-electron chi connectivity index (χ3n) is 4.01. The maximum atomic E-state index is 10.3. The summed E-state index contributed by atoms with van der Waals surface area (Å²) in [7, 11) is 0. The van der Waals surface area contributed by atoms with Crippen LogP contribution >= 0.6 is 0 Å². The van der Waals surface area contributed by atoms with E-state index in [-0.39, 0.29) is 6.10 Å². The van der Waals surface area contributed by atoms with Crippen molar-refractivity contribution < 1.29 is 5.11 Å². The summed E-state index contributed by atoms with van der Waals surface area (Å²) < 4.78 is 1.96. The number of aliphatic hydroxyl groups excluding tert-OH is 1. The van der Waals surface area contributed by atoms with E-state index >= 15 is 0 Å². The first-order valence-electron chi connectivity index (χ1n) is 7.57. The van der Waals surface area contributed by atoms with E-state index in [0.717, 1.165) is 43.0 Å². The van der Waals surface area contributed by atoms with Crippen molar-refractivity contribution in [1.82, 2.24) is 14.8 Å². The molecule has 1 N–H and O–H groups in total. The summed E-state index contributed by atoms with van der Waals surface area (Å²) in [5.74, 6) is 0.969. The number of anilines is 1. The molecule has 0 amide bonds. The molecule has 1 aromatic carbocycles. The molecule has 21 heavy (non-hydrogen) atoms. The molecular weight excluding hydrogens is 264 g/mol. The van der Waals surface area contributed by atoms with Crippen LogP contribution in [0.2, 0.25) is 0 Å². The Morgan fingerprint density at radius 3 is 2.95 bits per heavy atom. The van der Waals surface area contributed by atoms with E-state index in [0.29, 0.717) is 6.04 Å². The average molecular weight is 286 g/mol. The zero-order valence-corrected chi connectivity index (χ0v) is 12.6. The Morgan fingerprint density at radius 2 is 2.14 bits per heavy atom. The van der Waals surface area contributed by atoms with Gasteiger partial charge in [-0.25, -0.2) is 9.67 Å². The molecule has 2 aromatic rings. The first kappa shape index (κ1) is 14.1. The summed E-state index contributed by atoms with van der Waals surface area (Å²) in [6.07, 6.45) is 3.04. The highest BCUT2D eigenvalue weighted by Gasteiger charge is 2.22. The molecule has 0 fully saturated rings. The van der Waals surface area contributed by atoms with E-state index in [9.17, 15) is 5.11 Å². The van der Waals surface area contributed by atoms with Crippen molar-refractivity contribution in [2.45, 2.75) is 45.4 Å². The van der Waals surface area contributed by atoms with Crippen LogP contribution in [0.15, 0.2) is 30.6 Å². The zero-order valence-electron chi connectivity index (χ0n) is 12.6. The Balaban J connectivity index is 1.91. The molecule has 1 aliphatic rings. The second kappa shape index (κ2) is 5.85. The molecule has 112 valence electrons. The van der Waals surface area contributed by atoms with Crippen molar-refractivity contribution >= 4 is 5.69 Å². The summed E-state index contributed by atoms with van der Waals surface area (Å²) in [5.41, 5.74) is 2.13. The van der Waals surface area contributed by atoms with E-state index in [1.807, 2.05) is 22.9 Å². The minimum Gasteiger partial charge on any atom is -0.388 e. The fraction of sp³-hybridized carbons (Fsp3) is 0.500. The number of fused-ring (bicyclic) bond motifs is 1. The van der Waals surface area contributed by atoms with E-state index in [4.69, 9.17) is 0 Å². The van der Waals surface area contributed by atoms with Crippen LogP contribution in [0.1, 0.15) is 50.2 Å². The van der Waals surface area contributed by atoms with Crippen LogP contribution in [0.4, 0.5) is 5.69 Å². The van der Waals surface area contributed by atoms with Crippen molar-refractivity contribution in [3.8, 4) is 0 Å². The third-order valence-corrected chi connectivity index (χ3v) is 4.01. The monoisotopic (exact) mass is 286 g/mol. The Hall–Kier alpha value is -1.88. The van der Waals surface area contributed by atoms with Crippen LogP contribution < -0.4 is 4.90 Å². The fourth-order valence-corrected chi connectivity index (χ4v) is 2.96. The quantitative estimate of drug-likeness (QED) is 0.942. The second-order valence-corrected chi connectivity index (χ2v) is 5.85. The van der Waals surface area contributed by atoms with Crippen molar-refractivity contribution in [3.05, 3.63) is 42.0 Å². The van der Waals surface area contributed by atoms with Crippen LogP contribution in [0, 0.1) is 0 Å². The van der Waals surface area contributed by atoms with Gasteiger partial charge in [0.25, 0.3) is 0 Å². The SMILES string of the molecule is CC(C)n1ncnc1CN1CCCC(O)c2ccccc21. The van der Waals surface area contributed by atoms with Crippen LogP contribution in [0.5, 0.6) is 0 Å². The van der Waals surface area contributed by atoms with Crippen LogP contribution in [-0.2, 0) is 6.54 Å². The average Bonchev–Trinajstić information content (AvgIpc) is 2.88. The van der Waals surface area contributed by atoms with Gasteiger partial charge < -0.3 is 10.0 Å². The maximum Gasteiger partial charge on any atom is 0.146 e. The highest BCUT2D eigenvalue weighted by Crippen LogP contribution is 2.33. The molecule has 0 aliphatic carbocycles. The standard InChI is InChI=1S/C16H22N4O/c1-12(2)20-16(17-11-18-20)10-19-9-5-8-15(21)13-6-3-4-7-14(13)19/h3-4,6-7,11-12,15,21H,5,8-10H2,1-2H3. The Kier molecular flexibility index (Phi) is 3.92. The maximum absolute atomic E-state index is 10.3. The molecule has 0 saturated heterocycles. The summed E-state index contributed by atoms with van der Waals surface area (Å²) >= 11 is 0. The lowest BCUT2D eigenvalue weighted by Crippen LogP contribution is -2.26. The predicted molar refractivity (Wildman–Crippen MR) is 82.1 cm³/mol. The highest BCUT2D eigenvalue weighted by atomic mass is 16.3. The van der Waals surface area contributed by atoms with Crippen LogP contribution in [-0.4, -0.2) is 26.4 Å². The molecule has 0 saturated carbocycles. The summed E-state index contributed by atoms with van der Waals surface area (Å²) in [6.45, 7) is 5.87. The van der Waals surface area contributed by atoms with Gasteiger partial charge in [0.05, 0.1) is 12.6 Å². The van der Waals surface area contributed by atoms with Gasteiger partial charge >= 0.3 is 0 Å². The highest BCUT2D eigenvalue weighted by molar-refractivity contribution is 5.55. The molecule has 0 spiro atoms. The smallest absolute Gasteiger partial charge is 0.146 e. The number of rotatable bonds is 3. The first-order valence-corrected chi connectivity index (χ1v) is 7.57. The lowest BCUT2D eigenvalue weighted by molar-refractivity contribution is 0.168. The molecule has 1 atom stereocenters. The van der Waals surface area contributed by atoms with E-state index in [1.54, 1.807) is 6.33 Å². The van der Waals surface area contributed by atoms with Gasteiger partial charge in [-0.15, -0.1) is 0 Å². The van der Waals surface area contributed by atoms with Crippen molar-refractivity contribution in [3.63, 3.8) is 0 Å². The summed E-state index contributed by atoms with van der Waals surface area (Å²) in [5, 5.41) is 14.6. The number of hydrogen-bond acceptors (Lipinski definition) is 4. The molecule has 2 heterocycles. The van der Waals surface area contributed by atoms with Crippen LogP contribution in [0.3, 0.4) is 0 Å². The lowest BCUT2D eigenvalue weighted by Gasteiger charge is -2.25. The number of aromatic nitrogens is 3. The summed E-state index contributed by atoms with van der Waals surface area (Å²) in [4.78, 5) is 6.70. The number of benzene rings is 1. The number of nitrogens with zero attached hydrogens (tertiary/aromatic N) is 4. The van der Waals surface area contributed by atoms with Gasteiger partial charge in [0.15, 0.2) is 0 Å². The number of aliphatic hydroxyl groups is 1. The van der Waals surface area contributed by atoms with Crippen molar-refractivity contribution in [2.75, 3.05) is 11.4 Å². The Morgan fingerprint density at radius 1 is 1.33 bits per heavy atom. The molecule has 3 rings (SSSR count). The van der Waals surface area contributed by atoms with Gasteiger partial charge in [-0.1, -0.05) is 18.2 Å². The molecule has 5 nitrogen and oxygen atoms in total. The van der Waals surface area contributed by atoms with Gasteiger partial charge in [0.2, 0.25) is 0 Å². The van der Waals surface area contributed by atoms with E-state index < -0.39 is 0 Å². The van der Waals surface area contributed by atoms with E-state index in [1.165, 1.54) is 0 Å². The van der Waals surface area contributed by atoms with Gasteiger partial charge in [-0.3, -0.25) is 0 Å². The van der Waals surface area contributed by atoms with Crippen molar-refractivity contribution in [2.24, 2.45) is 0 Å². The minimum atomic E-state index is -0.367. The normalized spacial score (nSPS) is 18.7. The first-order chi connectivity index (χ1) is 10.2. The zero-order chi connectivity index (χ0) is 14.8. The van der Waals surface area contributed by atoms with Gasteiger partial charge in [0.1, 0.15) is 12.2 Å². The van der Waals surface area contributed by atoms with Gasteiger partial charge in [0, 0.05) is 23.8 Å². The number of hydrogen-bond donors (Lipinski definition) is 1. The molecule has 1 aromatic heterocycles.